The first-order chi connectivity index (χ1) is 47.3. The summed E-state index contributed by atoms with van der Waals surface area (Å²) in [7, 11) is 3.92. The first-order valence-corrected chi connectivity index (χ1v) is 32.0. The smallest absolute Gasteiger partial charge is 0.338 e. The van der Waals surface area contributed by atoms with E-state index in [2.05, 4.69) is 259 Å². The molecule has 0 fully saturated rings. The number of hydrogen-bond acceptors (Lipinski definition) is 5. The van der Waals surface area contributed by atoms with Crippen molar-refractivity contribution < 1.29 is 13.9 Å². The first-order valence-electron chi connectivity index (χ1n) is 32.0. The highest BCUT2D eigenvalue weighted by atomic mass is 16.5. The Morgan fingerprint density at radius 1 is 0.354 bits per heavy atom. The van der Waals surface area contributed by atoms with E-state index < -0.39 is 0 Å². The number of anilines is 1. The number of benzene rings is 14. The monoisotopic (exact) mass is 1240 g/mol. The molecule has 0 saturated carbocycles. The van der Waals surface area contributed by atoms with Crippen LogP contribution in [0, 0.1) is 30.6 Å². The molecule has 96 heavy (non-hydrogen) atoms. The lowest BCUT2D eigenvalue weighted by Gasteiger charge is -2.17. The topological polar surface area (TPSA) is 55.6 Å². The Hall–Kier alpha value is -12.5. The van der Waals surface area contributed by atoms with E-state index in [9.17, 15) is 4.79 Å². The van der Waals surface area contributed by atoms with Gasteiger partial charge in [0.1, 0.15) is 5.52 Å². The van der Waals surface area contributed by atoms with Crippen molar-refractivity contribution >= 4 is 44.3 Å². The maximum absolute atomic E-state index is 11.3. The zero-order chi connectivity index (χ0) is 66.4. The number of esters is 1. The van der Waals surface area contributed by atoms with Gasteiger partial charge in [0.25, 0.3) is 0 Å². The predicted molar refractivity (Wildman–Crippen MR) is 404 cm³/mol. The van der Waals surface area contributed by atoms with Gasteiger partial charge in [-0.2, -0.15) is 0 Å². The van der Waals surface area contributed by atoms with Crippen LogP contribution in [-0.2, 0) is 4.74 Å². The Labute approximate surface area is 565 Å². The molecule has 466 valence electrons. The summed E-state index contributed by atoms with van der Waals surface area (Å²) >= 11 is 0. The van der Waals surface area contributed by atoms with Crippen LogP contribution in [0.3, 0.4) is 0 Å². The van der Waals surface area contributed by atoms with Gasteiger partial charge in [-0.25, -0.2) is 9.78 Å². The summed E-state index contributed by atoms with van der Waals surface area (Å²) in [4.78, 5) is 17.4. The van der Waals surface area contributed by atoms with Crippen LogP contribution in [0.25, 0.3) is 88.3 Å². The van der Waals surface area contributed by atoms with Gasteiger partial charge in [-0.3, -0.25) is 0 Å². The maximum atomic E-state index is 11.3. The fraction of sp³-hybridized carbons (Fsp3) is 0.0549. The van der Waals surface area contributed by atoms with Crippen LogP contribution in [0.2, 0.25) is 0 Å². The number of fused-ring (bicyclic) bond motifs is 3. The molecule has 0 aliphatic carbocycles. The number of ether oxygens (including phenoxy) is 1. The number of carbonyl (C=O) groups is 1. The molecule has 1 heterocycles. The van der Waals surface area contributed by atoms with Gasteiger partial charge in [0.05, 0.1) is 12.2 Å². The van der Waals surface area contributed by atoms with Gasteiger partial charge in [-0.1, -0.05) is 315 Å². The van der Waals surface area contributed by atoms with Crippen molar-refractivity contribution in [2.75, 3.05) is 25.6 Å². The Morgan fingerprint density at radius 2 is 0.646 bits per heavy atom. The van der Waals surface area contributed by atoms with Crippen molar-refractivity contribution in [1.29, 1.82) is 0 Å². The lowest BCUT2D eigenvalue weighted by Crippen LogP contribution is -2.09. The van der Waals surface area contributed by atoms with Crippen LogP contribution in [0.5, 0.6) is 0 Å². The van der Waals surface area contributed by atoms with Crippen LogP contribution in [-0.4, -0.2) is 31.7 Å². The van der Waals surface area contributed by atoms with Crippen molar-refractivity contribution in [2.45, 2.75) is 13.8 Å². The third-order valence-corrected chi connectivity index (χ3v) is 15.4. The molecule has 0 radical (unpaired) electrons. The number of rotatable bonds is 8. The summed E-state index contributed by atoms with van der Waals surface area (Å²) in [5.41, 5.74) is 18.2. The SMILES string of the molecule is C(C#Cc1ccccc1)#Cc1ccccc1.CCOC(=O)c1ccc(N(C)C)cc1.Cc1nc2ccccc2o1.c1ccc(-c2c3ccccc3c(-c3ccccc3)c3ccccc23)cc1.c1ccc(-c2ccc(-c3ccccc3)cc2)cc1.c1ccc(-c2ccccc2)cc1. The van der Waals surface area contributed by atoms with Gasteiger partial charge in [0, 0.05) is 37.8 Å². The third-order valence-electron chi connectivity index (χ3n) is 15.4. The Balaban J connectivity index is 0.000000129. The van der Waals surface area contributed by atoms with Gasteiger partial charge < -0.3 is 14.1 Å². The van der Waals surface area contributed by atoms with Crippen LogP contribution in [0.15, 0.2) is 368 Å². The molecule has 0 spiro atoms. The molecule has 0 saturated heterocycles. The minimum atomic E-state index is -0.266. The Bertz CT molecular complexity index is 4610. The summed E-state index contributed by atoms with van der Waals surface area (Å²) in [6, 6.07) is 124. The molecule has 0 aliphatic rings. The second-order valence-electron chi connectivity index (χ2n) is 22.2. The Morgan fingerprint density at radius 3 is 0.969 bits per heavy atom. The van der Waals surface area contributed by atoms with E-state index in [1.54, 1.807) is 19.1 Å². The molecule has 0 N–H and O–H groups in total. The fourth-order valence-electron chi connectivity index (χ4n) is 10.7. The zero-order valence-electron chi connectivity index (χ0n) is 54.5. The van der Waals surface area contributed by atoms with E-state index in [-0.39, 0.29) is 5.97 Å². The van der Waals surface area contributed by atoms with Crippen molar-refractivity contribution in [3.63, 3.8) is 0 Å². The molecule has 0 bridgehead atoms. The summed E-state index contributed by atoms with van der Waals surface area (Å²) in [5.74, 6) is 12.1. The number of hydrogen-bond donors (Lipinski definition) is 0. The van der Waals surface area contributed by atoms with Crippen LogP contribution < -0.4 is 4.90 Å². The molecule has 5 nitrogen and oxygen atoms in total. The number of para-hydroxylation sites is 2. The van der Waals surface area contributed by atoms with Crippen LogP contribution in [0.1, 0.15) is 34.3 Å². The minimum Gasteiger partial charge on any atom is -0.462 e. The molecular formula is C91H74N2O3. The standard InChI is InChI=1S/C26H18.C18H14.C16H10.C12H10.C11H15NO2.C8H7NO/c1-3-11-19(12-4-1)25-21-15-7-9-17-23(21)26(20-13-5-2-6-14-20)24-18-10-8-16-22(24)25;1-3-7-15(8-4-1)17-11-13-18(14-12-17)16-9-5-2-6-10-16;1-3-9-15(10-4-1)13-7-8-14-16-11-5-2-6-12-16;1-3-7-11(8-4-1)12-9-5-2-6-10-12;1-4-14-11(13)9-5-7-10(8-6-9)12(2)3;1-6-9-7-4-2-3-5-8(7)10-6/h1-18H;1-14H;1-6,9-12H;1-10H;5-8H,4H2,1-3H3;2-5H,1H3. The fourth-order valence-corrected chi connectivity index (χ4v) is 10.7. The van der Waals surface area contributed by atoms with Gasteiger partial charge in [0.15, 0.2) is 11.5 Å². The van der Waals surface area contributed by atoms with E-state index in [0.717, 1.165) is 33.8 Å². The van der Waals surface area contributed by atoms with E-state index in [1.165, 1.54) is 77.2 Å². The summed E-state index contributed by atoms with van der Waals surface area (Å²) in [6.45, 7) is 4.06. The summed E-state index contributed by atoms with van der Waals surface area (Å²) in [6.07, 6.45) is 0. The highest BCUT2D eigenvalue weighted by Gasteiger charge is 2.16. The number of oxazole rings is 1. The second-order valence-corrected chi connectivity index (χ2v) is 22.2. The lowest BCUT2D eigenvalue weighted by molar-refractivity contribution is 0.0526. The van der Waals surface area contributed by atoms with E-state index >= 15 is 0 Å². The van der Waals surface area contributed by atoms with Gasteiger partial charge in [-0.15, -0.1) is 0 Å². The van der Waals surface area contributed by atoms with Crippen molar-refractivity contribution in [3.05, 3.63) is 387 Å². The third kappa shape index (κ3) is 19.0. The zero-order valence-corrected chi connectivity index (χ0v) is 54.5. The van der Waals surface area contributed by atoms with E-state index in [1.807, 2.05) is 147 Å². The molecular weight excluding hydrogens is 1170 g/mol. The summed E-state index contributed by atoms with van der Waals surface area (Å²) in [5, 5.41) is 5.21. The average Bonchev–Trinajstić information content (AvgIpc) is 0.786. The number of aromatic nitrogens is 1. The van der Waals surface area contributed by atoms with E-state index in [0.29, 0.717) is 12.2 Å². The molecule has 5 heteroatoms. The first kappa shape index (κ1) is 66.4. The predicted octanol–water partition coefficient (Wildman–Crippen LogP) is 22.9. The highest BCUT2D eigenvalue weighted by molar-refractivity contribution is 6.21. The Kier molecular flexibility index (Phi) is 24.4. The lowest BCUT2D eigenvalue weighted by atomic mass is 9.86. The van der Waals surface area contributed by atoms with Crippen LogP contribution >= 0.6 is 0 Å². The quantitative estimate of drug-likeness (QED) is 0.0862. The molecule has 14 aromatic carbocycles. The molecule has 15 aromatic rings. The average molecular weight is 1240 g/mol. The van der Waals surface area contributed by atoms with E-state index in [4.69, 9.17) is 9.15 Å². The van der Waals surface area contributed by atoms with Crippen molar-refractivity contribution in [3.8, 4) is 79.3 Å². The maximum Gasteiger partial charge on any atom is 0.338 e. The van der Waals surface area contributed by atoms with Gasteiger partial charge in [0.2, 0.25) is 0 Å². The van der Waals surface area contributed by atoms with Gasteiger partial charge >= 0.3 is 5.97 Å². The molecule has 0 aliphatic heterocycles. The van der Waals surface area contributed by atoms with Gasteiger partial charge in [-0.05, 0) is 157 Å². The van der Waals surface area contributed by atoms with Crippen molar-refractivity contribution in [2.24, 2.45) is 0 Å². The molecule has 15 rings (SSSR count). The molecule has 0 unspecified atom stereocenters. The number of nitrogens with zero attached hydrogens (tertiary/aromatic N) is 2. The van der Waals surface area contributed by atoms with Crippen molar-refractivity contribution in [1.82, 2.24) is 4.98 Å². The molecule has 0 atom stereocenters. The summed E-state index contributed by atoms with van der Waals surface area (Å²) < 4.78 is 10.1. The number of carbonyl (C=O) groups excluding carboxylic acids is 1. The second kappa shape index (κ2) is 35.3. The largest absolute Gasteiger partial charge is 0.462 e. The highest BCUT2D eigenvalue weighted by Crippen LogP contribution is 2.43. The normalized spacial score (nSPS) is 10.0. The minimum absolute atomic E-state index is 0.266. The number of aryl methyl sites for hydroxylation is 1. The molecule has 1 aromatic heterocycles. The molecule has 0 amide bonds. The van der Waals surface area contributed by atoms with Crippen LogP contribution in [0.4, 0.5) is 5.69 Å².